The second-order valence-electron chi connectivity index (χ2n) is 7.06. The number of aromatic hydroxyl groups is 1. The first kappa shape index (κ1) is 23.9. The van der Waals surface area contributed by atoms with E-state index in [1.165, 1.54) is 19.1 Å². The van der Waals surface area contributed by atoms with Crippen molar-refractivity contribution in [3.05, 3.63) is 29.8 Å². The van der Waals surface area contributed by atoms with Gasteiger partial charge in [-0.1, -0.05) is 26.0 Å². The molecule has 29 heavy (non-hydrogen) atoms. The fraction of sp³-hybridized carbons (Fsp3) is 0.474. The van der Waals surface area contributed by atoms with Gasteiger partial charge in [0.05, 0.1) is 6.04 Å². The molecule has 1 aromatic rings. The lowest BCUT2D eigenvalue weighted by molar-refractivity contribution is -0.139. The van der Waals surface area contributed by atoms with Gasteiger partial charge in [-0.15, -0.1) is 0 Å². The summed E-state index contributed by atoms with van der Waals surface area (Å²) >= 11 is 0. The summed E-state index contributed by atoms with van der Waals surface area (Å²) in [5.74, 6) is -3.27. The summed E-state index contributed by atoms with van der Waals surface area (Å²) in [5.41, 5.74) is 6.24. The molecule has 3 unspecified atom stereocenters. The molecule has 3 atom stereocenters. The van der Waals surface area contributed by atoms with Gasteiger partial charge in [0.1, 0.15) is 24.4 Å². The van der Waals surface area contributed by atoms with Gasteiger partial charge < -0.3 is 31.9 Å². The average Bonchev–Trinajstić information content (AvgIpc) is 2.64. The first-order valence-electron chi connectivity index (χ1n) is 9.15. The number of benzene rings is 1. The Balaban J connectivity index is 2.97. The van der Waals surface area contributed by atoms with Crippen LogP contribution >= 0.6 is 0 Å². The summed E-state index contributed by atoms with van der Waals surface area (Å²) < 4.78 is 0. The third-order valence-corrected chi connectivity index (χ3v) is 4.08. The van der Waals surface area contributed by atoms with Gasteiger partial charge in [-0.2, -0.15) is 0 Å². The molecule has 0 aliphatic carbocycles. The highest BCUT2D eigenvalue weighted by Gasteiger charge is 2.29. The lowest BCUT2D eigenvalue weighted by atomic mass is 10.0. The van der Waals surface area contributed by atoms with E-state index < -0.39 is 48.4 Å². The van der Waals surface area contributed by atoms with Crippen molar-refractivity contribution in [2.75, 3.05) is 6.54 Å². The zero-order chi connectivity index (χ0) is 22.1. The first-order valence-corrected chi connectivity index (χ1v) is 9.15. The van der Waals surface area contributed by atoms with Gasteiger partial charge in [-0.05, 0) is 30.5 Å². The van der Waals surface area contributed by atoms with Crippen molar-refractivity contribution in [3.8, 4) is 5.75 Å². The van der Waals surface area contributed by atoms with Crippen molar-refractivity contribution >= 4 is 23.7 Å². The normalized spacial score (nSPS) is 13.8. The Labute approximate surface area is 168 Å². The van der Waals surface area contributed by atoms with Crippen molar-refractivity contribution in [2.24, 2.45) is 11.7 Å². The summed E-state index contributed by atoms with van der Waals surface area (Å²) in [6, 6.07) is 3.26. The molecule has 0 fully saturated rings. The molecule has 1 aromatic carbocycles. The number of amides is 3. The van der Waals surface area contributed by atoms with Gasteiger partial charge >= 0.3 is 5.97 Å². The molecule has 0 aliphatic rings. The second-order valence-corrected chi connectivity index (χ2v) is 7.06. The number of rotatable bonds is 10. The number of carboxylic acids is 1. The molecule has 0 saturated heterocycles. The number of carboxylic acid groups (broad SMARTS) is 1. The van der Waals surface area contributed by atoms with E-state index >= 15 is 0 Å². The summed E-state index contributed by atoms with van der Waals surface area (Å²) in [7, 11) is 0. The number of aliphatic carboxylic acids is 1. The van der Waals surface area contributed by atoms with E-state index in [1.807, 2.05) is 0 Å². The van der Waals surface area contributed by atoms with E-state index in [2.05, 4.69) is 16.0 Å². The summed E-state index contributed by atoms with van der Waals surface area (Å²) in [6.07, 6.45) is 0.103. The second kappa shape index (κ2) is 11.0. The highest BCUT2D eigenvalue weighted by atomic mass is 16.4. The van der Waals surface area contributed by atoms with Crippen molar-refractivity contribution < 1.29 is 29.4 Å². The number of phenolic OH excluding ortho intramolecular Hbond substituents is 1. The molecular weight excluding hydrogens is 380 g/mol. The SMILES string of the molecule is CC(N)C(=O)NC(Cc1ccc(O)cc1)C(=O)NC(C(=O)NCC(=O)O)C(C)C. The van der Waals surface area contributed by atoms with Crippen molar-refractivity contribution in [1.82, 2.24) is 16.0 Å². The third kappa shape index (κ3) is 8.18. The van der Waals surface area contributed by atoms with Gasteiger partial charge in [0.25, 0.3) is 0 Å². The Morgan fingerprint density at radius 3 is 2.03 bits per heavy atom. The van der Waals surface area contributed by atoms with E-state index in [0.29, 0.717) is 5.56 Å². The molecule has 10 nitrogen and oxygen atoms in total. The van der Waals surface area contributed by atoms with Crippen molar-refractivity contribution in [2.45, 2.75) is 45.3 Å². The Bertz CT molecular complexity index is 733. The van der Waals surface area contributed by atoms with Gasteiger partial charge in [-0.3, -0.25) is 19.2 Å². The van der Waals surface area contributed by atoms with Crippen LogP contribution in [-0.4, -0.2) is 58.6 Å². The minimum absolute atomic E-state index is 0.0596. The topological polar surface area (TPSA) is 171 Å². The third-order valence-electron chi connectivity index (χ3n) is 4.08. The number of carbonyl (C=O) groups is 4. The summed E-state index contributed by atoms with van der Waals surface area (Å²) in [6.45, 7) is 4.29. The molecule has 0 radical (unpaired) electrons. The number of hydrogen-bond donors (Lipinski definition) is 6. The predicted octanol–water partition coefficient (Wildman–Crippen LogP) is -0.892. The van der Waals surface area contributed by atoms with Crippen LogP contribution in [-0.2, 0) is 25.6 Å². The molecule has 0 aliphatic heterocycles. The molecule has 7 N–H and O–H groups in total. The van der Waals surface area contributed by atoms with E-state index in [4.69, 9.17) is 10.8 Å². The van der Waals surface area contributed by atoms with E-state index in [9.17, 15) is 24.3 Å². The molecule has 3 amide bonds. The Morgan fingerprint density at radius 1 is 0.966 bits per heavy atom. The standard InChI is InChI=1S/C19H28N4O6/c1-10(2)16(19(29)21-9-15(25)26)23-18(28)14(22-17(27)11(3)20)8-12-4-6-13(24)7-5-12/h4-7,10-11,14,16,24H,8-9,20H2,1-3H3,(H,21,29)(H,22,27)(H,23,28)(H,25,26). The van der Waals surface area contributed by atoms with Crippen LogP contribution < -0.4 is 21.7 Å². The molecular formula is C19H28N4O6. The van der Waals surface area contributed by atoms with Crippen LogP contribution in [0.5, 0.6) is 5.75 Å². The van der Waals surface area contributed by atoms with Crippen LogP contribution in [0, 0.1) is 5.92 Å². The lowest BCUT2D eigenvalue weighted by Crippen LogP contribution is -2.57. The van der Waals surface area contributed by atoms with Crippen molar-refractivity contribution in [3.63, 3.8) is 0 Å². The molecule has 0 spiro atoms. The monoisotopic (exact) mass is 408 g/mol. The summed E-state index contributed by atoms with van der Waals surface area (Å²) in [5, 5.41) is 25.5. The molecule has 10 heteroatoms. The molecule has 0 bridgehead atoms. The maximum atomic E-state index is 12.8. The van der Waals surface area contributed by atoms with E-state index in [0.717, 1.165) is 0 Å². The average molecular weight is 408 g/mol. The molecule has 0 heterocycles. The van der Waals surface area contributed by atoms with Gasteiger partial charge in [0.15, 0.2) is 0 Å². The Morgan fingerprint density at radius 2 is 1.55 bits per heavy atom. The van der Waals surface area contributed by atoms with Crippen LogP contribution in [0.4, 0.5) is 0 Å². The van der Waals surface area contributed by atoms with Crippen LogP contribution in [0.15, 0.2) is 24.3 Å². The largest absolute Gasteiger partial charge is 0.508 e. The van der Waals surface area contributed by atoms with E-state index in [1.54, 1.807) is 26.0 Å². The lowest BCUT2D eigenvalue weighted by Gasteiger charge is -2.25. The molecule has 0 saturated carbocycles. The van der Waals surface area contributed by atoms with Crippen LogP contribution in [0.1, 0.15) is 26.3 Å². The number of nitrogens with two attached hydrogens (primary N) is 1. The first-order chi connectivity index (χ1) is 13.5. The highest BCUT2D eigenvalue weighted by molar-refractivity contribution is 5.93. The maximum absolute atomic E-state index is 12.8. The van der Waals surface area contributed by atoms with Crippen LogP contribution in [0.25, 0.3) is 0 Å². The van der Waals surface area contributed by atoms with Crippen LogP contribution in [0.2, 0.25) is 0 Å². The number of nitrogens with one attached hydrogen (secondary N) is 3. The molecule has 1 rings (SSSR count). The van der Waals surface area contributed by atoms with Gasteiger partial charge in [-0.25, -0.2) is 0 Å². The number of phenols is 1. The maximum Gasteiger partial charge on any atom is 0.322 e. The van der Waals surface area contributed by atoms with Gasteiger partial charge in [0.2, 0.25) is 17.7 Å². The smallest absolute Gasteiger partial charge is 0.322 e. The molecule has 160 valence electrons. The van der Waals surface area contributed by atoms with Crippen molar-refractivity contribution in [1.29, 1.82) is 0 Å². The Hall–Kier alpha value is -3.14. The predicted molar refractivity (Wildman–Crippen MR) is 105 cm³/mol. The zero-order valence-electron chi connectivity index (χ0n) is 16.6. The van der Waals surface area contributed by atoms with Crippen LogP contribution in [0.3, 0.4) is 0 Å². The highest BCUT2D eigenvalue weighted by Crippen LogP contribution is 2.12. The fourth-order valence-electron chi connectivity index (χ4n) is 2.44. The van der Waals surface area contributed by atoms with E-state index in [-0.39, 0.29) is 18.1 Å². The zero-order valence-corrected chi connectivity index (χ0v) is 16.6. The minimum Gasteiger partial charge on any atom is -0.508 e. The van der Waals surface area contributed by atoms with Gasteiger partial charge in [0, 0.05) is 6.42 Å². The number of hydrogen-bond acceptors (Lipinski definition) is 6. The summed E-state index contributed by atoms with van der Waals surface area (Å²) in [4.78, 5) is 47.8. The quantitative estimate of drug-likeness (QED) is 0.291. The Kier molecular flexibility index (Phi) is 9.07. The molecule has 0 aromatic heterocycles. The fourth-order valence-corrected chi connectivity index (χ4v) is 2.44. The minimum atomic E-state index is -1.21. The number of carbonyl (C=O) groups excluding carboxylic acids is 3.